The third-order valence-electron chi connectivity index (χ3n) is 3.69. The lowest BCUT2D eigenvalue weighted by Gasteiger charge is -2.20. The van der Waals surface area contributed by atoms with Gasteiger partial charge < -0.3 is 10.0 Å². The number of hydrogen-bond donors (Lipinski definition) is 2. The number of aromatic hydroxyl groups is 1. The van der Waals surface area contributed by atoms with Gasteiger partial charge >= 0.3 is 0 Å². The van der Waals surface area contributed by atoms with E-state index in [4.69, 9.17) is 0 Å². The Morgan fingerprint density at radius 1 is 1.27 bits per heavy atom. The van der Waals surface area contributed by atoms with E-state index in [9.17, 15) is 9.90 Å². The number of para-hydroxylation sites is 1. The van der Waals surface area contributed by atoms with Crippen LogP contribution in [0.2, 0.25) is 0 Å². The van der Waals surface area contributed by atoms with Gasteiger partial charge in [-0.2, -0.15) is 0 Å². The van der Waals surface area contributed by atoms with Gasteiger partial charge in [0.25, 0.3) is 0 Å². The van der Waals surface area contributed by atoms with Crippen LogP contribution in [0.5, 0.6) is 5.75 Å². The molecular weight excluding hydrogens is 416 g/mol. The molecule has 6 nitrogen and oxygen atoms in total. The van der Waals surface area contributed by atoms with Crippen molar-refractivity contribution in [3.63, 3.8) is 0 Å². The fourth-order valence-corrected chi connectivity index (χ4v) is 3.48. The van der Waals surface area contributed by atoms with Crippen LogP contribution in [0, 0.1) is 0 Å². The van der Waals surface area contributed by atoms with Crippen LogP contribution in [0.4, 0.5) is 5.69 Å². The Morgan fingerprint density at radius 2 is 2.04 bits per heavy atom. The van der Waals surface area contributed by atoms with Crippen LogP contribution >= 0.6 is 27.7 Å². The van der Waals surface area contributed by atoms with Crippen molar-refractivity contribution < 1.29 is 9.90 Å². The fourth-order valence-electron chi connectivity index (χ4n) is 2.44. The fraction of sp³-hybridized carbons (Fsp3) is 0.167. The van der Waals surface area contributed by atoms with E-state index in [1.165, 1.54) is 11.8 Å². The minimum atomic E-state index is -0.0136. The van der Waals surface area contributed by atoms with Crippen molar-refractivity contribution in [2.75, 3.05) is 17.2 Å². The van der Waals surface area contributed by atoms with Crippen molar-refractivity contribution in [1.82, 2.24) is 15.2 Å². The molecule has 0 fully saturated rings. The minimum absolute atomic E-state index is 0.0136. The first kappa shape index (κ1) is 18.5. The van der Waals surface area contributed by atoms with Crippen molar-refractivity contribution >= 4 is 39.3 Å². The molecule has 0 radical (unpaired) electrons. The van der Waals surface area contributed by atoms with Crippen molar-refractivity contribution in [3.8, 4) is 17.1 Å². The zero-order valence-electron chi connectivity index (χ0n) is 14.0. The number of phenols is 1. The summed E-state index contributed by atoms with van der Waals surface area (Å²) in [4.78, 5) is 18.6. The Bertz CT molecular complexity index is 901. The largest absolute Gasteiger partial charge is 0.507 e. The summed E-state index contributed by atoms with van der Waals surface area (Å²) in [6, 6.07) is 14.6. The van der Waals surface area contributed by atoms with Gasteiger partial charge in [0.2, 0.25) is 11.1 Å². The van der Waals surface area contributed by atoms with Crippen LogP contribution in [0.3, 0.4) is 0 Å². The highest BCUT2D eigenvalue weighted by atomic mass is 79.9. The van der Waals surface area contributed by atoms with Gasteiger partial charge in [-0.25, -0.2) is 4.98 Å². The number of anilines is 1. The quantitative estimate of drug-likeness (QED) is 0.573. The number of thioether (sulfide) groups is 1. The summed E-state index contributed by atoms with van der Waals surface area (Å²) in [6.45, 7) is 2.53. The van der Waals surface area contributed by atoms with E-state index in [0.29, 0.717) is 23.1 Å². The molecule has 3 aromatic rings. The lowest BCUT2D eigenvalue weighted by atomic mass is 10.2. The summed E-state index contributed by atoms with van der Waals surface area (Å²) in [5.74, 6) is 0.775. The molecule has 0 spiro atoms. The van der Waals surface area contributed by atoms with Gasteiger partial charge in [0.15, 0.2) is 5.82 Å². The summed E-state index contributed by atoms with van der Waals surface area (Å²) in [5, 5.41) is 17.3. The van der Waals surface area contributed by atoms with Crippen molar-refractivity contribution in [1.29, 1.82) is 0 Å². The van der Waals surface area contributed by atoms with Gasteiger partial charge in [0, 0.05) is 16.7 Å². The molecule has 0 unspecified atom stereocenters. The molecule has 134 valence electrons. The van der Waals surface area contributed by atoms with E-state index < -0.39 is 0 Å². The Kier molecular flexibility index (Phi) is 5.95. The number of halogens is 1. The summed E-state index contributed by atoms with van der Waals surface area (Å²) in [6.07, 6.45) is 0. The SMILES string of the molecule is CCN(C(=O)CSc1n[nH]c(-c2cc(Br)ccc2O)n1)c1ccccc1. The third kappa shape index (κ3) is 4.25. The molecule has 0 aliphatic heterocycles. The van der Waals surface area contributed by atoms with E-state index in [2.05, 4.69) is 31.1 Å². The Balaban J connectivity index is 1.68. The Morgan fingerprint density at radius 3 is 2.77 bits per heavy atom. The summed E-state index contributed by atoms with van der Waals surface area (Å²) >= 11 is 4.62. The van der Waals surface area contributed by atoms with Crippen LogP contribution in [0.25, 0.3) is 11.4 Å². The molecule has 0 bridgehead atoms. The first-order chi connectivity index (χ1) is 12.6. The van der Waals surface area contributed by atoms with Crippen molar-refractivity contribution in [2.24, 2.45) is 0 Å². The third-order valence-corrected chi connectivity index (χ3v) is 5.01. The number of benzene rings is 2. The topological polar surface area (TPSA) is 82.1 Å². The standard InChI is InChI=1S/C18H17BrN4O2S/c1-2-23(13-6-4-3-5-7-13)16(25)11-26-18-20-17(21-22-18)14-10-12(19)8-9-15(14)24/h3-10,24H,2,11H2,1H3,(H,20,21,22). The normalized spacial score (nSPS) is 10.7. The maximum Gasteiger partial charge on any atom is 0.237 e. The van der Waals surface area contributed by atoms with Crippen LogP contribution < -0.4 is 4.90 Å². The molecule has 26 heavy (non-hydrogen) atoms. The number of carbonyl (C=O) groups excluding carboxylic acids is 1. The summed E-state index contributed by atoms with van der Waals surface area (Å²) < 4.78 is 0.826. The smallest absolute Gasteiger partial charge is 0.237 e. The monoisotopic (exact) mass is 432 g/mol. The molecule has 0 aliphatic rings. The zero-order chi connectivity index (χ0) is 18.5. The number of rotatable bonds is 6. The second kappa shape index (κ2) is 8.37. The van der Waals surface area contributed by atoms with Crippen LogP contribution in [0.1, 0.15) is 6.92 Å². The average molecular weight is 433 g/mol. The number of aromatic amines is 1. The van der Waals surface area contributed by atoms with Gasteiger partial charge in [-0.05, 0) is 37.3 Å². The highest BCUT2D eigenvalue weighted by Gasteiger charge is 2.16. The predicted octanol–water partition coefficient (Wildman–Crippen LogP) is 4.09. The molecule has 0 aliphatic carbocycles. The van der Waals surface area contributed by atoms with E-state index in [0.717, 1.165) is 10.2 Å². The number of H-pyrrole nitrogens is 1. The molecule has 0 atom stereocenters. The zero-order valence-corrected chi connectivity index (χ0v) is 16.4. The van der Waals surface area contributed by atoms with Gasteiger partial charge in [-0.3, -0.25) is 9.89 Å². The van der Waals surface area contributed by atoms with Crippen molar-refractivity contribution in [2.45, 2.75) is 12.1 Å². The number of amides is 1. The first-order valence-electron chi connectivity index (χ1n) is 7.98. The van der Waals surface area contributed by atoms with Gasteiger partial charge in [-0.1, -0.05) is 45.9 Å². The summed E-state index contributed by atoms with van der Waals surface area (Å²) in [5.41, 5.74) is 1.42. The highest BCUT2D eigenvalue weighted by Crippen LogP contribution is 2.30. The molecule has 1 heterocycles. The number of aromatic nitrogens is 3. The van der Waals surface area contributed by atoms with Crippen molar-refractivity contribution in [3.05, 3.63) is 53.0 Å². The van der Waals surface area contributed by atoms with Crippen LogP contribution in [0.15, 0.2) is 58.2 Å². The lowest BCUT2D eigenvalue weighted by Crippen LogP contribution is -2.32. The molecular formula is C18H17BrN4O2S. The van der Waals surface area contributed by atoms with E-state index in [-0.39, 0.29) is 17.4 Å². The molecule has 2 aromatic carbocycles. The maximum absolute atomic E-state index is 12.5. The first-order valence-corrected chi connectivity index (χ1v) is 9.76. The molecule has 0 saturated heterocycles. The minimum Gasteiger partial charge on any atom is -0.507 e. The second-order valence-electron chi connectivity index (χ2n) is 5.39. The maximum atomic E-state index is 12.5. The molecule has 1 aromatic heterocycles. The van der Waals surface area contributed by atoms with Gasteiger partial charge in [0.1, 0.15) is 5.75 Å². The average Bonchev–Trinajstić information content (AvgIpc) is 3.12. The number of nitrogens with one attached hydrogen (secondary N) is 1. The molecule has 8 heteroatoms. The molecule has 1 amide bonds. The number of hydrogen-bond acceptors (Lipinski definition) is 5. The lowest BCUT2D eigenvalue weighted by molar-refractivity contribution is -0.116. The second-order valence-corrected chi connectivity index (χ2v) is 7.25. The van der Waals surface area contributed by atoms with Crippen LogP contribution in [-0.4, -0.2) is 38.5 Å². The van der Waals surface area contributed by atoms with Crippen LogP contribution in [-0.2, 0) is 4.79 Å². The number of phenolic OH excluding ortho intramolecular Hbond substituents is 1. The highest BCUT2D eigenvalue weighted by molar-refractivity contribution is 9.10. The Labute approximate surface area is 163 Å². The number of carbonyl (C=O) groups is 1. The van der Waals surface area contributed by atoms with E-state index in [1.807, 2.05) is 37.3 Å². The van der Waals surface area contributed by atoms with E-state index in [1.54, 1.807) is 23.1 Å². The summed E-state index contributed by atoms with van der Waals surface area (Å²) in [7, 11) is 0. The molecule has 3 rings (SSSR count). The number of nitrogens with zero attached hydrogens (tertiary/aromatic N) is 3. The molecule has 2 N–H and O–H groups in total. The van der Waals surface area contributed by atoms with Gasteiger partial charge in [-0.15, -0.1) is 5.10 Å². The molecule has 0 saturated carbocycles. The van der Waals surface area contributed by atoms with Gasteiger partial charge in [0.05, 0.1) is 11.3 Å². The van der Waals surface area contributed by atoms with E-state index >= 15 is 0 Å². The predicted molar refractivity (Wildman–Crippen MR) is 106 cm³/mol. The Hall–Kier alpha value is -2.32.